The van der Waals surface area contributed by atoms with Crippen LogP contribution in [0.25, 0.3) is 21.6 Å². The van der Waals surface area contributed by atoms with Crippen molar-refractivity contribution < 1.29 is 38.2 Å². The molecule has 6 aromatic rings. The number of thiazole rings is 1. The van der Waals surface area contributed by atoms with Crippen LogP contribution in [0.3, 0.4) is 0 Å². The first-order valence-electron chi connectivity index (χ1n) is 27.2. The second kappa shape index (κ2) is 25.6. The number of H-pyrrole nitrogens is 1. The molecule has 0 radical (unpaired) electrons. The average Bonchev–Trinajstić information content (AvgIpc) is 4.17. The van der Waals surface area contributed by atoms with Crippen molar-refractivity contribution >= 4 is 34.5 Å². The van der Waals surface area contributed by atoms with Crippen molar-refractivity contribution in [2.24, 2.45) is 5.92 Å². The molecule has 0 spiro atoms. The van der Waals surface area contributed by atoms with Crippen LogP contribution in [-0.4, -0.2) is 100 Å². The number of aliphatic hydroxyl groups excluding tert-OH is 1. The number of aliphatic hydroxyl groups is 1. The number of hydrogen-bond acceptors (Lipinski definition) is 13. The smallest absolute Gasteiger partial charge is 0.254 e. The summed E-state index contributed by atoms with van der Waals surface area (Å²) in [7, 11) is 0. The van der Waals surface area contributed by atoms with E-state index in [0.29, 0.717) is 61.7 Å². The summed E-state index contributed by atoms with van der Waals surface area (Å²) >= 11 is 1.60. The Bertz CT molecular complexity index is 2990. The van der Waals surface area contributed by atoms with E-state index in [9.17, 15) is 24.3 Å². The van der Waals surface area contributed by atoms with E-state index in [1.54, 1.807) is 17.4 Å². The summed E-state index contributed by atoms with van der Waals surface area (Å²) in [4.78, 5) is 67.4. The molecule has 3 aromatic heterocycles. The van der Waals surface area contributed by atoms with Crippen molar-refractivity contribution in [2.75, 3.05) is 44.4 Å². The Morgan fingerprint density at radius 2 is 1.61 bits per heavy atom. The number of hydrogen-bond donors (Lipinski definition) is 2. The first kappa shape index (κ1) is 55.8. The number of aromatic amines is 1. The number of carbonyl (C=O) groups excluding carboxylic acids is 3. The van der Waals surface area contributed by atoms with E-state index in [4.69, 9.17) is 18.7 Å². The molecule has 404 valence electrons. The number of ether oxygens (including phenoxy) is 3. The Kier molecular flexibility index (Phi) is 18.8. The van der Waals surface area contributed by atoms with Gasteiger partial charge in [0.25, 0.3) is 11.4 Å². The quantitative estimate of drug-likeness (QED) is 0.0434. The molecule has 14 nitrogen and oxygen atoms in total. The summed E-state index contributed by atoms with van der Waals surface area (Å²) in [5.74, 6) is 0.125. The van der Waals surface area contributed by atoms with Crippen molar-refractivity contribution in [2.45, 2.75) is 143 Å². The highest BCUT2D eigenvalue weighted by molar-refractivity contribution is 7.13. The lowest BCUT2D eigenvalue weighted by Gasteiger charge is -2.37. The molecule has 15 heteroatoms. The number of unbranched alkanes of at least 4 members (excludes halogenated alkanes) is 2. The fourth-order valence-electron chi connectivity index (χ4n) is 11.0. The van der Waals surface area contributed by atoms with Crippen LogP contribution in [0.1, 0.15) is 141 Å². The maximum absolute atomic E-state index is 14.3. The predicted octanol–water partition coefficient (Wildman–Crippen LogP) is 11.3. The van der Waals surface area contributed by atoms with Gasteiger partial charge in [0, 0.05) is 80.2 Å². The highest BCUT2D eigenvalue weighted by Crippen LogP contribution is 2.37. The summed E-state index contributed by atoms with van der Waals surface area (Å²) in [5.41, 5.74) is 11.8. The fraction of sp³-hybridized carbons (Fsp3) is 0.475. The number of nitrogens with one attached hydrogen (secondary N) is 1. The number of rotatable bonds is 24. The van der Waals surface area contributed by atoms with Crippen LogP contribution in [0.5, 0.6) is 11.6 Å². The highest BCUT2D eigenvalue weighted by atomic mass is 32.1. The number of carbonyl (C=O) groups is 3. The van der Waals surface area contributed by atoms with Crippen LogP contribution < -0.4 is 19.9 Å². The molecule has 76 heavy (non-hydrogen) atoms. The number of ketones is 2. The molecule has 4 atom stereocenters. The van der Waals surface area contributed by atoms with Crippen LogP contribution >= 0.6 is 11.3 Å². The molecular weight excluding hydrogens is 979 g/mol. The molecule has 0 aliphatic carbocycles. The van der Waals surface area contributed by atoms with Crippen molar-refractivity contribution in [3.63, 3.8) is 0 Å². The number of benzene rings is 3. The Morgan fingerprint density at radius 3 is 2.28 bits per heavy atom. The van der Waals surface area contributed by atoms with Gasteiger partial charge in [0.2, 0.25) is 5.91 Å². The maximum atomic E-state index is 14.3. The maximum Gasteiger partial charge on any atom is 0.254 e. The molecule has 5 heterocycles. The molecule has 3 aromatic carbocycles. The Labute approximate surface area is 451 Å². The molecule has 2 N–H and O–H groups in total. The summed E-state index contributed by atoms with van der Waals surface area (Å²) in [6.45, 7) is 19.1. The van der Waals surface area contributed by atoms with Gasteiger partial charge in [0.15, 0.2) is 17.3 Å². The van der Waals surface area contributed by atoms with Gasteiger partial charge in [-0.2, -0.15) is 0 Å². The van der Waals surface area contributed by atoms with Gasteiger partial charge in [-0.1, -0.05) is 57.2 Å². The molecule has 1 amide bonds. The SMILES string of the molecule is CCN(c1cc(-c2ccc(OCCCCCOc3cc(C(C(=O)N4C[C@H](O)C[C@H]4C(=O)C[C@@H](C)c4ccc(-c5scnc5C)cc4)C(C)C)on3)cc2)cc(C(=O)CCc2c(C)cc(C)[nH]c2=O)c1C)C1CCOCC1. The zero-order valence-corrected chi connectivity index (χ0v) is 46.3. The van der Waals surface area contributed by atoms with E-state index in [-0.39, 0.29) is 60.7 Å². The van der Waals surface area contributed by atoms with Crippen LogP contribution in [0, 0.1) is 33.6 Å². The first-order valence-corrected chi connectivity index (χ1v) is 28.0. The number of aromatic nitrogens is 3. The molecular formula is C61H75N5O9S. The summed E-state index contributed by atoms with van der Waals surface area (Å²) in [5, 5.41) is 14.9. The normalized spacial score (nSPS) is 16.7. The van der Waals surface area contributed by atoms with Crippen LogP contribution in [0.15, 0.2) is 87.6 Å². The lowest BCUT2D eigenvalue weighted by molar-refractivity contribution is -0.140. The minimum Gasteiger partial charge on any atom is -0.494 e. The minimum absolute atomic E-state index is 0.0112. The third kappa shape index (κ3) is 13.4. The lowest BCUT2D eigenvalue weighted by atomic mass is 9.89. The zero-order chi connectivity index (χ0) is 54.0. The molecule has 0 bridgehead atoms. The molecule has 2 fully saturated rings. The zero-order valence-electron chi connectivity index (χ0n) is 45.5. The van der Waals surface area contributed by atoms with Gasteiger partial charge >= 0.3 is 0 Å². The predicted molar refractivity (Wildman–Crippen MR) is 298 cm³/mol. The number of Topliss-reactive ketones (excluding diaryl/α,β-unsaturated/α-hetero) is 2. The third-order valence-corrected chi connectivity index (χ3v) is 16.2. The van der Waals surface area contributed by atoms with E-state index >= 15 is 0 Å². The molecule has 2 saturated heterocycles. The van der Waals surface area contributed by atoms with Crippen molar-refractivity contribution in [3.05, 3.63) is 134 Å². The monoisotopic (exact) mass is 1050 g/mol. The second-order valence-electron chi connectivity index (χ2n) is 21.1. The molecule has 8 rings (SSSR count). The second-order valence-corrected chi connectivity index (χ2v) is 21.9. The number of pyridine rings is 1. The highest BCUT2D eigenvalue weighted by Gasteiger charge is 2.43. The molecule has 2 aliphatic rings. The Hall–Kier alpha value is -6.42. The van der Waals surface area contributed by atoms with Gasteiger partial charge in [-0.05, 0) is 154 Å². The van der Waals surface area contributed by atoms with Gasteiger partial charge in [-0.15, -0.1) is 11.3 Å². The number of β-amino-alcohol motifs (C(OH)–C–C–N with tert-alkyl or cyclic N) is 1. The minimum atomic E-state index is -0.796. The number of aryl methyl sites for hydroxylation is 3. The summed E-state index contributed by atoms with van der Waals surface area (Å²) in [6.07, 6.45) is 4.49. The third-order valence-electron chi connectivity index (χ3n) is 15.2. The van der Waals surface area contributed by atoms with Gasteiger partial charge in [0.05, 0.1) is 41.4 Å². The lowest BCUT2D eigenvalue weighted by Crippen LogP contribution is -2.44. The van der Waals surface area contributed by atoms with Crippen molar-refractivity contribution in [3.8, 4) is 33.2 Å². The van der Waals surface area contributed by atoms with Crippen LogP contribution in [0.4, 0.5) is 5.69 Å². The first-order chi connectivity index (χ1) is 36.6. The van der Waals surface area contributed by atoms with E-state index in [1.165, 1.54) is 4.90 Å². The van der Waals surface area contributed by atoms with Gasteiger partial charge < -0.3 is 38.6 Å². The molecule has 1 unspecified atom stereocenters. The van der Waals surface area contributed by atoms with E-state index < -0.39 is 18.1 Å². The van der Waals surface area contributed by atoms with Crippen LogP contribution in [-0.2, 0) is 20.7 Å². The average molecular weight is 1050 g/mol. The number of amides is 1. The van der Waals surface area contributed by atoms with Crippen molar-refractivity contribution in [1.29, 1.82) is 0 Å². The Balaban J connectivity index is 0.822. The fourth-order valence-corrected chi connectivity index (χ4v) is 11.8. The summed E-state index contributed by atoms with van der Waals surface area (Å²) in [6, 6.07) is 23.6. The number of anilines is 1. The summed E-state index contributed by atoms with van der Waals surface area (Å²) < 4.78 is 23.6. The Morgan fingerprint density at radius 1 is 0.895 bits per heavy atom. The van der Waals surface area contributed by atoms with Crippen molar-refractivity contribution in [1.82, 2.24) is 20.0 Å². The standard InChI is InChI=1S/C61H75N5O9S/c1-9-65(47-23-27-72-28-24-47)52-32-46(31-51(41(52)7)54(68)22-21-50-39(5)29-40(6)63-60(50)70)44-17-19-49(20-18-44)73-25-11-10-12-26-74-57-34-56(75-64-57)58(37(2)3)61(71)66-35-48(67)33-53(66)55(69)30-38(4)43-13-15-45(16-14-43)59-42(8)62-36-76-59/h13-20,29,31-32,34,36-38,47-48,53,58,67H,9-12,21-28,30,33,35H2,1-8H3,(H,63,70)/t38-,48-,53+,58?/m1/s1. The van der Waals surface area contributed by atoms with Gasteiger partial charge in [-0.25, -0.2) is 4.98 Å². The van der Waals surface area contributed by atoms with E-state index in [1.807, 2.05) is 103 Å². The molecule has 2 aliphatic heterocycles. The van der Waals surface area contributed by atoms with E-state index in [0.717, 1.165) is 99.7 Å². The van der Waals surface area contributed by atoms with E-state index in [2.05, 4.69) is 45.1 Å². The van der Waals surface area contributed by atoms with Gasteiger partial charge in [0.1, 0.15) is 11.7 Å². The molecule has 0 saturated carbocycles. The largest absolute Gasteiger partial charge is 0.494 e. The number of likely N-dealkylation sites (tertiary alicyclic amines) is 1. The number of nitrogens with zero attached hydrogens (tertiary/aromatic N) is 4. The van der Waals surface area contributed by atoms with Gasteiger partial charge in [-0.3, -0.25) is 19.2 Å². The van der Waals surface area contributed by atoms with Crippen LogP contribution in [0.2, 0.25) is 0 Å². The topological polar surface area (TPSA) is 177 Å².